The van der Waals surface area contributed by atoms with Crippen LogP contribution in [0.4, 0.5) is 5.82 Å². The minimum absolute atomic E-state index is 0.228. The molecule has 2 aromatic rings. The molecule has 0 aliphatic carbocycles. The fourth-order valence-corrected chi connectivity index (χ4v) is 2.65. The summed E-state index contributed by atoms with van der Waals surface area (Å²) in [5.41, 5.74) is 7.94. The zero-order valence-corrected chi connectivity index (χ0v) is 11.4. The van der Waals surface area contributed by atoms with Crippen molar-refractivity contribution >= 4 is 11.5 Å². The van der Waals surface area contributed by atoms with Gasteiger partial charge in [0.1, 0.15) is 5.65 Å². The van der Waals surface area contributed by atoms with Gasteiger partial charge >= 0.3 is 0 Å². The van der Waals surface area contributed by atoms with E-state index in [4.69, 9.17) is 15.5 Å². The summed E-state index contributed by atoms with van der Waals surface area (Å²) in [5.74, 6) is 0.997. The van der Waals surface area contributed by atoms with E-state index in [1.165, 1.54) is 0 Å². The zero-order valence-electron chi connectivity index (χ0n) is 11.4. The highest BCUT2D eigenvalue weighted by atomic mass is 16.5. The van der Waals surface area contributed by atoms with Gasteiger partial charge in [-0.2, -0.15) is 0 Å². The molecular formula is C14H20N4O. The van der Waals surface area contributed by atoms with Crippen molar-refractivity contribution in [2.45, 2.75) is 32.5 Å². The van der Waals surface area contributed by atoms with Crippen LogP contribution in [-0.4, -0.2) is 34.7 Å². The first-order valence-corrected chi connectivity index (χ1v) is 6.75. The molecule has 5 heteroatoms. The lowest BCUT2D eigenvalue weighted by Gasteiger charge is -2.37. The standard InChI is InChI=1S/C14H20N4O/c1-10-9-19-11(2)8-18(10)14-12(7-15)17-6-4-3-5-13(17)16-14/h3-6,10-11H,7-9,15H2,1-2H3. The Kier molecular flexibility index (Phi) is 3.16. The second kappa shape index (κ2) is 4.83. The van der Waals surface area contributed by atoms with E-state index in [1.807, 2.05) is 24.4 Å². The predicted octanol–water partition coefficient (Wildman–Crippen LogP) is 1.41. The van der Waals surface area contributed by atoms with Gasteiger partial charge in [-0.25, -0.2) is 4.98 Å². The first-order valence-electron chi connectivity index (χ1n) is 6.75. The van der Waals surface area contributed by atoms with Crippen molar-refractivity contribution in [3.05, 3.63) is 30.1 Å². The van der Waals surface area contributed by atoms with Crippen molar-refractivity contribution in [3.8, 4) is 0 Å². The summed E-state index contributed by atoms with van der Waals surface area (Å²) in [6, 6.07) is 6.34. The van der Waals surface area contributed by atoms with E-state index in [0.717, 1.165) is 30.3 Å². The molecule has 1 aliphatic rings. The maximum Gasteiger partial charge on any atom is 0.152 e. The smallest absolute Gasteiger partial charge is 0.152 e. The number of rotatable bonds is 2. The van der Waals surface area contributed by atoms with Crippen LogP contribution in [0.1, 0.15) is 19.5 Å². The molecular weight excluding hydrogens is 240 g/mol. The maximum absolute atomic E-state index is 5.93. The SMILES string of the molecule is CC1CN(c2nc3ccccn3c2CN)C(C)CO1. The highest BCUT2D eigenvalue weighted by Crippen LogP contribution is 2.26. The third kappa shape index (κ3) is 2.09. The van der Waals surface area contributed by atoms with Crippen molar-refractivity contribution in [1.29, 1.82) is 0 Å². The number of fused-ring (bicyclic) bond motifs is 1. The molecule has 0 amide bonds. The molecule has 1 aliphatic heterocycles. The van der Waals surface area contributed by atoms with Crippen LogP contribution in [0.5, 0.6) is 0 Å². The summed E-state index contributed by atoms with van der Waals surface area (Å²) in [6.07, 6.45) is 2.24. The number of pyridine rings is 1. The van der Waals surface area contributed by atoms with E-state index in [0.29, 0.717) is 12.6 Å². The number of hydrogen-bond acceptors (Lipinski definition) is 4. The molecule has 0 aromatic carbocycles. The van der Waals surface area contributed by atoms with Gasteiger partial charge in [-0.3, -0.25) is 0 Å². The molecule has 2 atom stereocenters. The lowest BCUT2D eigenvalue weighted by molar-refractivity contribution is 0.0340. The van der Waals surface area contributed by atoms with Gasteiger partial charge in [-0.05, 0) is 26.0 Å². The van der Waals surface area contributed by atoms with Crippen molar-refractivity contribution in [1.82, 2.24) is 9.38 Å². The Morgan fingerprint density at radius 3 is 3.05 bits per heavy atom. The van der Waals surface area contributed by atoms with Gasteiger partial charge in [-0.15, -0.1) is 0 Å². The van der Waals surface area contributed by atoms with Crippen LogP contribution in [-0.2, 0) is 11.3 Å². The Hall–Kier alpha value is -1.59. The topological polar surface area (TPSA) is 55.8 Å². The number of nitrogens with zero attached hydrogens (tertiary/aromatic N) is 3. The van der Waals surface area contributed by atoms with E-state index < -0.39 is 0 Å². The summed E-state index contributed by atoms with van der Waals surface area (Å²) in [4.78, 5) is 7.05. The highest BCUT2D eigenvalue weighted by molar-refractivity contribution is 5.56. The molecule has 0 radical (unpaired) electrons. The molecule has 19 heavy (non-hydrogen) atoms. The summed E-state index contributed by atoms with van der Waals surface area (Å²) in [6.45, 7) is 6.34. The first kappa shape index (κ1) is 12.4. The van der Waals surface area contributed by atoms with Gasteiger partial charge in [0.15, 0.2) is 5.82 Å². The van der Waals surface area contributed by atoms with Crippen LogP contribution in [0.3, 0.4) is 0 Å². The predicted molar refractivity (Wildman–Crippen MR) is 75.3 cm³/mol. The molecule has 3 heterocycles. The van der Waals surface area contributed by atoms with Gasteiger partial charge in [0.05, 0.1) is 24.4 Å². The Bertz CT molecular complexity index is 580. The van der Waals surface area contributed by atoms with E-state index >= 15 is 0 Å². The summed E-state index contributed by atoms with van der Waals surface area (Å²) in [5, 5.41) is 0. The lowest BCUT2D eigenvalue weighted by atomic mass is 10.2. The van der Waals surface area contributed by atoms with Crippen LogP contribution >= 0.6 is 0 Å². The van der Waals surface area contributed by atoms with Crippen molar-refractivity contribution in [2.24, 2.45) is 5.73 Å². The Morgan fingerprint density at radius 1 is 1.42 bits per heavy atom. The molecule has 2 aromatic heterocycles. The lowest BCUT2D eigenvalue weighted by Crippen LogP contribution is -2.48. The third-order valence-corrected chi connectivity index (χ3v) is 3.68. The highest BCUT2D eigenvalue weighted by Gasteiger charge is 2.27. The maximum atomic E-state index is 5.93. The molecule has 102 valence electrons. The van der Waals surface area contributed by atoms with Crippen LogP contribution < -0.4 is 10.6 Å². The number of aromatic nitrogens is 2. The monoisotopic (exact) mass is 260 g/mol. The van der Waals surface area contributed by atoms with Gasteiger partial charge in [0.25, 0.3) is 0 Å². The summed E-state index contributed by atoms with van der Waals surface area (Å²) >= 11 is 0. The zero-order chi connectivity index (χ0) is 13.4. The molecule has 0 bridgehead atoms. The largest absolute Gasteiger partial charge is 0.375 e. The first-order chi connectivity index (χ1) is 9.20. The van der Waals surface area contributed by atoms with Crippen LogP contribution in [0.15, 0.2) is 24.4 Å². The van der Waals surface area contributed by atoms with Crippen molar-refractivity contribution < 1.29 is 4.74 Å². The third-order valence-electron chi connectivity index (χ3n) is 3.68. The quantitative estimate of drug-likeness (QED) is 0.887. The fourth-order valence-electron chi connectivity index (χ4n) is 2.65. The Balaban J connectivity index is 2.08. The number of morpholine rings is 1. The van der Waals surface area contributed by atoms with E-state index in [9.17, 15) is 0 Å². The number of imidazole rings is 1. The Morgan fingerprint density at radius 2 is 2.26 bits per heavy atom. The van der Waals surface area contributed by atoms with Gasteiger partial charge < -0.3 is 19.8 Å². The molecule has 5 nitrogen and oxygen atoms in total. The summed E-state index contributed by atoms with van der Waals surface area (Å²) in [7, 11) is 0. The second-order valence-corrected chi connectivity index (χ2v) is 5.16. The second-order valence-electron chi connectivity index (χ2n) is 5.16. The van der Waals surface area contributed by atoms with Gasteiger partial charge in [-0.1, -0.05) is 6.07 Å². The summed E-state index contributed by atoms with van der Waals surface area (Å²) < 4.78 is 7.75. The Labute approximate surface area is 113 Å². The number of nitrogens with two attached hydrogens (primary N) is 1. The fraction of sp³-hybridized carbons (Fsp3) is 0.500. The van der Waals surface area contributed by atoms with Crippen LogP contribution in [0.2, 0.25) is 0 Å². The minimum atomic E-state index is 0.228. The van der Waals surface area contributed by atoms with E-state index in [2.05, 4.69) is 23.1 Å². The molecule has 3 rings (SSSR count). The number of anilines is 1. The molecule has 1 saturated heterocycles. The molecule has 0 saturated carbocycles. The van der Waals surface area contributed by atoms with Crippen LogP contribution in [0, 0.1) is 0 Å². The van der Waals surface area contributed by atoms with Crippen LogP contribution in [0.25, 0.3) is 5.65 Å². The van der Waals surface area contributed by atoms with E-state index in [1.54, 1.807) is 0 Å². The minimum Gasteiger partial charge on any atom is -0.375 e. The normalized spacial score (nSPS) is 24.1. The van der Waals surface area contributed by atoms with E-state index in [-0.39, 0.29) is 6.10 Å². The molecule has 1 fully saturated rings. The van der Waals surface area contributed by atoms with Crippen molar-refractivity contribution in [2.75, 3.05) is 18.1 Å². The van der Waals surface area contributed by atoms with Gasteiger partial charge in [0, 0.05) is 19.3 Å². The van der Waals surface area contributed by atoms with Gasteiger partial charge in [0.2, 0.25) is 0 Å². The molecule has 0 spiro atoms. The van der Waals surface area contributed by atoms with Crippen molar-refractivity contribution in [3.63, 3.8) is 0 Å². The molecule has 2 N–H and O–H groups in total. The number of ether oxygens (including phenoxy) is 1. The average molecular weight is 260 g/mol. The molecule has 2 unspecified atom stereocenters. The average Bonchev–Trinajstić information content (AvgIpc) is 2.79. The number of hydrogen-bond donors (Lipinski definition) is 1.